The van der Waals surface area contributed by atoms with E-state index < -0.39 is 18.2 Å². The number of hydrogen-bond donors (Lipinski definition) is 3. The maximum atomic E-state index is 12.3. The molecule has 2 aliphatic carbocycles. The van der Waals surface area contributed by atoms with Gasteiger partial charge in [0.2, 0.25) is 0 Å². The lowest BCUT2D eigenvalue weighted by Crippen LogP contribution is -2.20. The first kappa shape index (κ1) is 22.8. The van der Waals surface area contributed by atoms with E-state index in [4.69, 9.17) is 5.11 Å². The highest BCUT2D eigenvalue weighted by Gasteiger charge is 2.39. The predicted octanol–water partition coefficient (Wildman–Crippen LogP) is 3.89. The second-order valence-electron chi connectivity index (χ2n) is 8.52. The van der Waals surface area contributed by atoms with Gasteiger partial charge in [0.1, 0.15) is 5.78 Å². The highest BCUT2D eigenvalue weighted by molar-refractivity contribution is 5.86. The van der Waals surface area contributed by atoms with Crippen molar-refractivity contribution in [3.63, 3.8) is 0 Å². The van der Waals surface area contributed by atoms with Gasteiger partial charge in [-0.2, -0.15) is 0 Å². The maximum Gasteiger partial charge on any atom is 0.303 e. The summed E-state index contributed by atoms with van der Waals surface area (Å²) in [5, 5.41) is 29.4. The highest BCUT2D eigenvalue weighted by Crippen LogP contribution is 2.37. The van der Waals surface area contributed by atoms with Gasteiger partial charge in [-0.05, 0) is 43.9 Å². The van der Waals surface area contributed by atoms with Gasteiger partial charge >= 0.3 is 5.97 Å². The number of carboxylic acids is 1. The fourth-order valence-corrected chi connectivity index (χ4v) is 4.75. The average Bonchev–Trinajstić information content (AvgIpc) is 3.21. The molecule has 158 valence electrons. The Kier molecular flexibility index (Phi) is 9.39. The predicted molar refractivity (Wildman–Crippen MR) is 109 cm³/mol. The van der Waals surface area contributed by atoms with Crippen LogP contribution in [0.4, 0.5) is 0 Å². The standard InChI is InChI=1S/C23H36O5/c1-2-7-16-10-11-17(14-16)20(24)13-12-19-18(21(25)15-22(19)26)8-5-3-4-6-9-23(27)28/h3,5,12-13,16-21,24-25H,2,4,6-11,14-15H2,1H3,(H,27,28)/b5-3-,13-12+/t16?,17?,18-,19-,20-,21+/m1/s1. The molecule has 5 heteroatoms. The molecule has 0 aromatic heterocycles. The van der Waals surface area contributed by atoms with E-state index in [1.54, 1.807) is 6.08 Å². The lowest BCUT2D eigenvalue weighted by atomic mass is 9.89. The number of allylic oxidation sites excluding steroid dienone is 3. The van der Waals surface area contributed by atoms with Gasteiger partial charge in [-0.3, -0.25) is 9.59 Å². The van der Waals surface area contributed by atoms with Crippen molar-refractivity contribution in [1.82, 2.24) is 0 Å². The number of unbranched alkanes of at least 4 members (excludes halogenated alkanes) is 1. The van der Waals surface area contributed by atoms with E-state index in [-0.39, 0.29) is 36.4 Å². The summed E-state index contributed by atoms with van der Waals surface area (Å²) < 4.78 is 0. The maximum absolute atomic E-state index is 12.3. The molecular formula is C23H36O5. The summed E-state index contributed by atoms with van der Waals surface area (Å²) in [5.41, 5.74) is 0. The number of carboxylic acid groups (broad SMARTS) is 1. The van der Waals surface area contributed by atoms with Gasteiger partial charge in [-0.1, -0.05) is 50.5 Å². The van der Waals surface area contributed by atoms with Crippen LogP contribution in [-0.4, -0.2) is 39.3 Å². The number of carbonyl (C=O) groups is 2. The van der Waals surface area contributed by atoms with Crippen LogP contribution in [0, 0.1) is 23.7 Å². The molecule has 2 unspecified atom stereocenters. The highest BCUT2D eigenvalue weighted by atomic mass is 16.4. The topological polar surface area (TPSA) is 94.8 Å². The summed E-state index contributed by atoms with van der Waals surface area (Å²) in [5.74, 6) is -0.272. The van der Waals surface area contributed by atoms with Crippen molar-refractivity contribution in [3.8, 4) is 0 Å². The van der Waals surface area contributed by atoms with E-state index in [0.29, 0.717) is 25.2 Å². The first-order valence-corrected chi connectivity index (χ1v) is 10.9. The van der Waals surface area contributed by atoms with Gasteiger partial charge in [-0.15, -0.1) is 0 Å². The number of carbonyl (C=O) groups excluding carboxylic acids is 1. The van der Waals surface area contributed by atoms with E-state index in [0.717, 1.165) is 12.8 Å². The van der Waals surface area contributed by atoms with E-state index in [1.807, 2.05) is 18.2 Å². The van der Waals surface area contributed by atoms with Gasteiger partial charge in [0.15, 0.2) is 0 Å². The largest absolute Gasteiger partial charge is 0.481 e. The molecule has 2 rings (SSSR count). The number of aliphatic carboxylic acids is 1. The molecule has 6 atom stereocenters. The molecule has 0 spiro atoms. The number of hydrogen-bond acceptors (Lipinski definition) is 4. The zero-order chi connectivity index (χ0) is 20.5. The van der Waals surface area contributed by atoms with Crippen molar-refractivity contribution in [2.75, 3.05) is 0 Å². The molecule has 5 nitrogen and oxygen atoms in total. The third-order valence-corrected chi connectivity index (χ3v) is 6.35. The zero-order valence-corrected chi connectivity index (χ0v) is 17.0. The van der Waals surface area contributed by atoms with Crippen molar-refractivity contribution < 1.29 is 24.9 Å². The molecule has 2 aliphatic rings. The number of Topliss-reactive ketones (excluding diaryl/α,β-unsaturated/α-hetero) is 1. The minimum atomic E-state index is -0.794. The summed E-state index contributed by atoms with van der Waals surface area (Å²) in [7, 11) is 0. The SMILES string of the molecule is CCCC1CCC([C@H](O)/C=C/[C@H]2C(=O)C[C@H](O)[C@@H]2C/C=C\CCCC(=O)O)C1. The number of aliphatic hydroxyl groups excluding tert-OH is 2. The molecule has 0 aliphatic heterocycles. The Morgan fingerprint density at radius 2 is 2.07 bits per heavy atom. The molecular weight excluding hydrogens is 356 g/mol. The van der Waals surface area contributed by atoms with Gasteiger partial charge in [0, 0.05) is 24.7 Å². The van der Waals surface area contributed by atoms with E-state index in [1.165, 1.54) is 19.3 Å². The van der Waals surface area contributed by atoms with Crippen molar-refractivity contribution in [1.29, 1.82) is 0 Å². The van der Waals surface area contributed by atoms with E-state index in [9.17, 15) is 19.8 Å². The minimum Gasteiger partial charge on any atom is -0.481 e. The van der Waals surface area contributed by atoms with Crippen LogP contribution in [-0.2, 0) is 9.59 Å². The molecule has 0 amide bonds. The summed E-state index contributed by atoms with van der Waals surface area (Å²) in [6.45, 7) is 2.20. The molecule has 0 radical (unpaired) electrons. The lowest BCUT2D eigenvalue weighted by molar-refractivity contribution is -0.137. The number of ketones is 1. The Hall–Kier alpha value is -1.46. The molecule has 0 aromatic carbocycles. The fourth-order valence-electron chi connectivity index (χ4n) is 4.75. The lowest BCUT2D eigenvalue weighted by Gasteiger charge is -2.18. The van der Waals surface area contributed by atoms with E-state index >= 15 is 0 Å². The molecule has 0 heterocycles. The van der Waals surface area contributed by atoms with Gasteiger partial charge in [-0.25, -0.2) is 0 Å². The molecule has 2 saturated carbocycles. The van der Waals surface area contributed by atoms with Crippen LogP contribution in [0.2, 0.25) is 0 Å². The van der Waals surface area contributed by atoms with Crippen LogP contribution in [0.1, 0.15) is 71.1 Å². The molecule has 2 fully saturated rings. The first-order valence-electron chi connectivity index (χ1n) is 10.9. The Balaban J connectivity index is 1.85. The summed E-state index contributed by atoms with van der Waals surface area (Å²) in [4.78, 5) is 22.8. The Morgan fingerprint density at radius 1 is 1.29 bits per heavy atom. The second-order valence-corrected chi connectivity index (χ2v) is 8.52. The second kappa shape index (κ2) is 11.5. The van der Waals surface area contributed by atoms with Crippen molar-refractivity contribution in [2.24, 2.45) is 23.7 Å². The number of rotatable bonds is 11. The van der Waals surface area contributed by atoms with Crippen molar-refractivity contribution in [3.05, 3.63) is 24.3 Å². The molecule has 28 heavy (non-hydrogen) atoms. The monoisotopic (exact) mass is 392 g/mol. The first-order chi connectivity index (χ1) is 13.4. The van der Waals surface area contributed by atoms with Crippen molar-refractivity contribution >= 4 is 11.8 Å². The van der Waals surface area contributed by atoms with Gasteiger partial charge in [0.25, 0.3) is 0 Å². The van der Waals surface area contributed by atoms with Crippen LogP contribution in [0.15, 0.2) is 24.3 Å². The minimum absolute atomic E-state index is 0.0375. The fraction of sp³-hybridized carbons (Fsp3) is 0.739. The molecule has 0 bridgehead atoms. The van der Waals surface area contributed by atoms with Crippen LogP contribution in [0.25, 0.3) is 0 Å². The Morgan fingerprint density at radius 3 is 2.79 bits per heavy atom. The van der Waals surface area contributed by atoms with Gasteiger partial charge in [0.05, 0.1) is 12.2 Å². The summed E-state index contributed by atoms with van der Waals surface area (Å²) in [6, 6.07) is 0. The number of aliphatic hydroxyl groups is 2. The van der Waals surface area contributed by atoms with E-state index in [2.05, 4.69) is 6.92 Å². The third-order valence-electron chi connectivity index (χ3n) is 6.35. The third kappa shape index (κ3) is 6.85. The van der Waals surface area contributed by atoms with Crippen LogP contribution >= 0.6 is 0 Å². The molecule has 3 N–H and O–H groups in total. The van der Waals surface area contributed by atoms with Crippen LogP contribution in [0.3, 0.4) is 0 Å². The zero-order valence-electron chi connectivity index (χ0n) is 17.0. The molecule has 0 saturated heterocycles. The smallest absolute Gasteiger partial charge is 0.303 e. The van der Waals surface area contributed by atoms with Crippen LogP contribution in [0.5, 0.6) is 0 Å². The summed E-state index contributed by atoms with van der Waals surface area (Å²) >= 11 is 0. The Labute approximate surface area is 168 Å². The Bertz CT molecular complexity index is 567. The van der Waals surface area contributed by atoms with Gasteiger partial charge < -0.3 is 15.3 Å². The van der Waals surface area contributed by atoms with Crippen molar-refractivity contribution in [2.45, 2.75) is 83.3 Å². The normalized spacial score (nSPS) is 32.0. The molecule has 0 aromatic rings. The van der Waals surface area contributed by atoms with Crippen LogP contribution < -0.4 is 0 Å². The summed E-state index contributed by atoms with van der Waals surface area (Å²) in [6.07, 6.45) is 14.2. The quantitative estimate of drug-likeness (QED) is 0.366. The average molecular weight is 393 g/mol.